The minimum absolute atomic E-state index is 0.228. The molecule has 0 radical (unpaired) electrons. The molecule has 1 fully saturated rings. The van der Waals surface area contributed by atoms with E-state index in [0.29, 0.717) is 54.3 Å². The number of benzene rings is 2. The molecule has 1 N–H and O–H groups in total. The van der Waals surface area contributed by atoms with E-state index in [1.54, 1.807) is 48.7 Å². The van der Waals surface area contributed by atoms with Gasteiger partial charge in [0, 0.05) is 30.9 Å². The van der Waals surface area contributed by atoms with Gasteiger partial charge in [-0.25, -0.2) is 8.78 Å². The zero-order valence-electron chi connectivity index (χ0n) is 19.3. The minimum Gasteiger partial charge on any atom is -0.463 e. The molecular formula is C26H24F2N4O4. The summed E-state index contributed by atoms with van der Waals surface area (Å²) in [5.74, 6) is 0.622. The van der Waals surface area contributed by atoms with Crippen molar-refractivity contribution in [3.8, 4) is 28.6 Å². The van der Waals surface area contributed by atoms with Crippen molar-refractivity contribution in [1.29, 1.82) is 0 Å². The lowest BCUT2D eigenvalue weighted by Gasteiger charge is -2.32. The van der Waals surface area contributed by atoms with Gasteiger partial charge in [0.15, 0.2) is 0 Å². The van der Waals surface area contributed by atoms with E-state index in [1.807, 2.05) is 4.90 Å². The van der Waals surface area contributed by atoms with Crippen LogP contribution in [-0.4, -0.2) is 45.9 Å². The fourth-order valence-corrected chi connectivity index (χ4v) is 4.21. The predicted molar refractivity (Wildman–Crippen MR) is 129 cm³/mol. The second kappa shape index (κ2) is 10.3. The third kappa shape index (κ3) is 5.13. The molecule has 0 atom stereocenters. The summed E-state index contributed by atoms with van der Waals surface area (Å²) < 4.78 is 38.6. The Morgan fingerprint density at radius 3 is 2.56 bits per heavy atom. The van der Waals surface area contributed by atoms with Gasteiger partial charge in [0.1, 0.15) is 11.6 Å². The Morgan fingerprint density at radius 1 is 1.06 bits per heavy atom. The molecule has 0 unspecified atom stereocenters. The lowest BCUT2D eigenvalue weighted by Crippen LogP contribution is -2.36. The monoisotopic (exact) mass is 494 g/mol. The number of halogens is 2. The Kier molecular flexibility index (Phi) is 6.77. The first-order valence-corrected chi connectivity index (χ1v) is 11.6. The molecule has 1 aliphatic rings. The quantitative estimate of drug-likeness (QED) is 0.415. The zero-order chi connectivity index (χ0) is 25.1. The van der Waals surface area contributed by atoms with E-state index in [0.717, 1.165) is 5.56 Å². The maximum atomic E-state index is 14.5. The molecule has 0 amide bonds. The van der Waals surface area contributed by atoms with Crippen LogP contribution in [-0.2, 0) is 6.54 Å². The van der Waals surface area contributed by atoms with E-state index < -0.39 is 6.86 Å². The van der Waals surface area contributed by atoms with E-state index in [1.165, 1.54) is 16.7 Å². The fourth-order valence-electron chi connectivity index (χ4n) is 4.21. The number of aliphatic hydroxyl groups is 1. The molecule has 2 aromatic heterocycles. The molecule has 3 heterocycles. The third-order valence-electron chi connectivity index (χ3n) is 6.16. The highest BCUT2D eigenvalue weighted by molar-refractivity contribution is 5.60. The second-order valence-corrected chi connectivity index (χ2v) is 8.59. The number of pyridine rings is 1. The molecule has 4 aromatic rings. The number of piperidine rings is 1. The van der Waals surface area contributed by atoms with E-state index in [2.05, 4.69) is 10.1 Å². The van der Waals surface area contributed by atoms with Crippen LogP contribution in [0.4, 0.5) is 14.5 Å². The van der Waals surface area contributed by atoms with Crippen LogP contribution in [0.15, 0.2) is 70.1 Å². The third-order valence-corrected chi connectivity index (χ3v) is 6.16. The number of hydrogen-bond donors (Lipinski definition) is 1. The molecule has 1 saturated heterocycles. The first-order valence-electron chi connectivity index (χ1n) is 11.6. The van der Waals surface area contributed by atoms with E-state index >= 15 is 0 Å². The smallest absolute Gasteiger partial charge is 0.259 e. The summed E-state index contributed by atoms with van der Waals surface area (Å²) in [4.78, 5) is 18.9. The van der Waals surface area contributed by atoms with E-state index in [9.17, 15) is 18.7 Å². The highest BCUT2D eigenvalue weighted by atomic mass is 19.1. The van der Waals surface area contributed by atoms with Crippen LogP contribution in [0, 0.1) is 5.82 Å². The highest BCUT2D eigenvalue weighted by Gasteiger charge is 2.20. The molecule has 0 aliphatic carbocycles. The van der Waals surface area contributed by atoms with Crippen LogP contribution in [0.25, 0.3) is 22.8 Å². The molecule has 5 rings (SSSR count). The highest BCUT2D eigenvalue weighted by Crippen LogP contribution is 2.26. The maximum Gasteiger partial charge on any atom is 0.259 e. The van der Waals surface area contributed by atoms with Gasteiger partial charge in [-0.3, -0.25) is 4.79 Å². The van der Waals surface area contributed by atoms with E-state index in [4.69, 9.17) is 9.26 Å². The molecule has 0 saturated carbocycles. The van der Waals surface area contributed by atoms with Crippen molar-refractivity contribution < 1.29 is 23.1 Å². The van der Waals surface area contributed by atoms with Crippen molar-refractivity contribution >= 4 is 5.69 Å². The molecule has 2 aromatic carbocycles. The Hall–Kier alpha value is -4.05. The summed E-state index contributed by atoms with van der Waals surface area (Å²) in [6, 6.07) is 14.4. The average Bonchev–Trinajstić information content (AvgIpc) is 3.38. The van der Waals surface area contributed by atoms with Gasteiger partial charge < -0.3 is 23.8 Å². The van der Waals surface area contributed by atoms with Crippen LogP contribution in [0.5, 0.6) is 5.75 Å². The summed E-state index contributed by atoms with van der Waals surface area (Å²) in [7, 11) is 0. The predicted octanol–water partition coefficient (Wildman–Crippen LogP) is 4.02. The molecule has 1 aliphatic heterocycles. The Morgan fingerprint density at radius 2 is 1.81 bits per heavy atom. The van der Waals surface area contributed by atoms with Gasteiger partial charge in [0.05, 0.1) is 23.9 Å². The SMILES string of the molecule is O=c1ccc(-c2nc(-c3ccc(OCF)cc3)no2)cn1Cc1ccc(F)c(N2CCC(O)CC2)c1. The van der Waals surface area contributed by atoms with Crippen molar-refractivity contribution in [2.45, 2.75) is 25.5 Å². The zero-order valence-corrected chi connectivity index (χ0v) is 19.3. The van der Waals surface area contributed by atoms with Crippen molar-refractivity contribution in [1.82, 2.24) is 14.7 Å². The van der Waals surface area contributed by atoms with Gasteiger partial charge in [-0.05, 0) is 60.9 Å². The Bertz CT molecular complexity index is 1400. The first kappa shape index (κ1) is 23.7. The maximum absolute atomic E-state index is 14.5. The van der Waals surface area contributed by atoms with Gasteiger partial charge in [-0.1, -0.05) is 11.2 Å². The van der Waals surface area contributed by atoms with Gasteiger partial charge >= 0.3 is 0 Å². The molecule has 10 heteroatoms. The fraction of sp³-hybridized carbons (Fsp3) is 0.269. The number of aliphatic hydroxyl groups excluding tert-OH is 1. The van der Waals surface area contributed by atoms with Crippen molar-refractivity contribution in [3.05, 3.63) is 82.5 Å². The van der Waals surface area contributed by atoms with Crippen molar-refractivity contribution in [3.63, 3.8) is 0 Å². The van der Waals surface area contributed by atoms with Crippen molar-refractivity contribution in [2.75, 3.05) is 24.9 Å². The topological polar surface area (TPSA) is 93.6 Å². The van der Waals surface area contributed by atoms with Crippen LogP contribution < -0.4 is 15.2 Å². The van der Waals surface area contributed by atoms with Gasteiger partial charge in [-0.2, -0.15) is 4.98 Å². The number of anilines is 1. The molecule has 186 valence electrons. The van der Waals surface area contributed by atoms with Crippen LogP contribution >= 0.6 is 0 Å². The van der Waals surface area contributed by atoms with E-state index in [-0.39, 0.29) is 29.9 Å². The molecule has 0 spiro atoms. The van der Waals surface area contributed by atoms with Crippen LogP contribution in [0.2, 0.25) is 0 Å². The van der Waals surface area contributed by atoms with Gasteiger partial charge in [0.2, 0.25) is 12.7 Å². The summed E-state index contributed by atoms with van der Waals surface area (Å²) in [5, 5.41) is 13.7. The molecular weight excluding hydrogens is 470 g/mol. The van der Waals surface area contributed by atoms with Crippen LogP contribution in [0.1, 0.15) is 18.4 Å². The molecule has 0 bridgehead atoms. The minimum atomic E-state index is -0.914. The molecule has 36 heavy (non-hydrogen) atoms. The number of nitrogens with zero attached hydrogens (tertiary/aromatic N) is 4. The summed E-state index contributed by atoms with van der Waals surface area (Å²) in [6.45, 7) is 0.459. The standard InChI is InChI=1S/C26H24F2N4O4/c27-16-35-21-5-2-18(3-6-21)25-29-26(36-30-25)19-4-8-24(34)32(15-19)14-17-1-7-22(28)23(13-17)31-11-9-20(33)10-12-31/h1-8,13,15,20,33H,9-12,14,16H2. The number of aromatic nitrogens is 3. The Labute approximate surface area is 205 Å². The number of alkyl halides is 1. The average molecular weight is 494 g/mol. The van der Waals surface area contributed by atoms with Crippen molar-refractivity contribution in [2.24, 2.45) is 0 Å². The summed E-state index contributed by atoms with van der Waals surface area (Å²) in [6.07, 6.45) is 2.45. The van der Waals surface area contributed by atoms with Crippen LogP contribution in [0.3, 0.4) is 0 Å². The van der Waals surface area contributed by atoms with Gasteiger partial charge in [0.25, 0.3) is 11.4 Å². The lowest BCUT2D eigenvalue weighted by atomic mass is 10.1. The largest absolute Gasteiger partial charge is 0.463 e. The summed E-state index contributed by atoms with van der Waals surface area (Å²) in [5.41, 5.74) is 2.22. The second-order valence-electron chi connectivity index (χ2n) is 8.59. The lowest BCUT2D eigenvalue weighted by molar-refractivity contribution is 0.145. The molecule has 8 nitrogen and oxygen atoms in total. The number of rotatable bonds is 7. The van der Waals surface area contributed by atoms with Gasteiger partial charge in [-0.15, -0.1) is 0 Å². The Balaban J connectivity index is 1.36. The first-order chi connectivity index (χ1) is 17.5. The normalized spacial score (nSPS) is 14.2. The number of ether oxygens (including phenoxy) is 1. The number of hydrogen-bond acceptors (Lipinski definition) is 7. The summed E-state index contributed by atoms with van der Waals surface area (Å²) >= 11 is 0.